The zero-order valence-electron chi connectivity index (χ0n) is 17.1. The number of carbonyl (C=O) groups excluding carboxylic acids is 2. The summed E-state index contributed by atoms with van der Waals surface area (Å²) >= 11 is 1.64. The van der Waals surface area contributed by atoms with Crippen LogP contribution in [0, 0.1) is 0 Å². The van der Waals surface area contributed by atoms with Gasteiger partial charge in [-0.15, -0.1) is 0 Å². The van der Waals surface area contributed by atoms with Gasteiger partial charge in [0.2, 0.25) is 5.91 Å². The molecule has 0 saturated heterocycles. The molecule has 156 valence electrons. The summed E-state index contributed by atoms with van der Waals surface area (Å²) in [5.74, 6) is 0.864. The highest BCUT2D eigenvalue weighted by Crippen LogP contribution is 2.13. The van der Waals surface area contributed by atoms with Crippen LogP contribution >= 0.6 is 11.8 Å². The lowest BCUT2D eigenvalue weighted by atomic mass is 10.1. The Labute approximate surface area is 177 Å². The summed E-state index contributed by atoms with van der Waals surface area (Å²) in [4.78, 5) is 25.0. The van der Waals surface area contributed by atoms with Crippen LogP contribution in [0.4, 0.5) is 5.69 Å². The van der Waals surface area contributed by atoms with Crippen LogP contribution in [-0.4, -0.2) is 36.5 Å². The molecule has 29 heavy (non-hydrogen) atoms. The van der Waals surface area contributed by atoms with Crippen molar-refractivity contribution in [3.63, 3.8) is 0 Å². The lowest BCUT2D eigenvalue weighted by Gasteiger charge is -2.18. The average Bonchev–Trinajstić information content (AvgIpc) is 2.75. The molecular weight excluding hydrogens is 384 g/mol. The SMILES string of the molecule is CCCCc1ccc(NC(=O)C(CCSC)NC(=O)COc2ccccc2)cc1. The first-order valence-corrected chi connectivity index (χ1v) is 11.4. The third-order valence-corrected chi connectivity index (χ3v) is 5.06. The quantitative estimate of drug-likeness (QED) is 0.544. The van der Waals surface area contributed by atoms with Crippen LogP contribution in [0.1, 0.15) is 31.7 Å². The number of amides is 2. The molecule has 1 atom stereocenters. The largest absolute Gasteiger partial charge is 0.484 e. The number of nitrogens with one attached hydrogen (secondary N) is 2. The van der Waals surface area contributed by atoms with E-state index in [4.69, 9.17) is 4.74 Å². The number of rotatable bonds is 12. The number of hydrogen-bond donors (Lipinski definition) is 2. The third-order valence-electron chi connectivity index (χ3n) is 4.42. The van der Waals surface area contributed by atoms with Gasteiger partial charge in [-0.1, -0.05) is 43.7 Å². The van der Waals surface area contributed by atoms with Crippen LogP contribution in [0.5, 0.6) is 5.75 Å². The predicted octanol–water partition coefficient (Wildman–Crippen LogP) is 4.28. The van der Waals surface area contributed by atoms with E-state index in [1.165, 1.54) is 5.56 Å². The highest BCUT2D eigenvalue weighted by Gasteiger charge is 2.21. The van der Waals surface area contributed by atoms with E-state index in [1.54, 1.807) is 23.9 Å². The minimum absolute atomic E-state index is 0.126. The Morgan fingerprint density at radius 1 is 1.07 bits per heavy atom. The number of ether oxygens (including phenoxy) is 1. The van der Waals surface area contributed by atoms with Crippen LogP contribution in [-0.2, 0) is 16.0 Å². The van der Waals surface area contributed by atoms with E-state index < -0.39 is 6.04 Å². The Hall–Kier alpha value is -2.47. The monoisotopic (exact) mass is 414 g/mol. The molecule has 0 aliphatic rings. The van der Waals surface area contributed by atoms with Crippen molar-refractivity contribution in [2.45, 2.75) is 38.6 Å². The predicted molar refractivity (Wildman–Crippen MR) is 121 cm³/mol. The van der Waals surface area contributed by atoms with Gasteiger partial charge in [0.1, 0.15) is 11.8 Å². The molecule has 0 aliphatic carbocycles. The lowest BCUT2D eigenvalue weighted by Crippen LogP contribution is -2.45. The van der Waals surface area contributed by atoms with Crippen molar-refractivity contribution in [2.24, 2.45) is 0 Å². The fourth-order valence-corrected chi connectivity index (χ4v) is 3.24. The van der Waals surface area contributed by atoms with Crippen molar-refractivity contribution in [3.8, 4) is 5.75 Å². The second-order valence-electron chi connectivity index (χ2n) is 6.79. The first kappa shape index (κ1) is 22.8. The number of para-hydroxylation sites is 1. The fourth-order valence-electron chi connectivity index (χ4n) is 2.77. The number of anilines is 1. The van der Waals surface area contributed by atoms with Gasteiger partial charge in [-0.2, -0.15) is 11.8 Å². The van der Waals surface area contributed by atoms with Crippen molar-refractivity contribution in [3.05, 3.63) is 60.2 Å². The highest BCUT2D eigenvalue weighted by atomic mass is 32.2. The van der Waals surface area contributed by atoms with Crippen LogP contribution in [0.15, 0.2) is 54.6 Å². The maximum atomic E-state index is 12.7. The number of carbonyl (C=O) groups is 2. The maximum absolute atomic E-state index is 12.7. The molecule has 1 unspecified atom stereocenters. The fraction of sp³-hybridized carbons (Fsp3) is 0.391. The van der Waals surface area contributed by atoms with Gasteiger partial charge in [-0.25, -0.2) is 0 Å². The molecule has 6 heteroatoms. The van der Waals surface area contributed by atoms with Crippen LogP contribution in [0.2, 0.25) is 0 Å². The molecule has 0 fully saturated rings. The van der Waals surface area contributed by atoms with Crippen LogP contribution in [0.25, 0.3) is 0 Å². The van der Waals surface area contributed by atoms with Gasteiger partial charge in [-0.3, -0.25) is 9.59 Å². The van der Waals surface area contributed by atoms with Gasteiger partial charge in [0.05, 0.1) is 0 Å². The first-order chi connectivity index (χ1) is 14.1. The maximum Gasteiger partial charge on any atom is 0.258 e. The minimum Gasteiger partial charge on any atom is -0.484 e. The molecule has 0 radical (unpaired) electrons. The van der Waals surface area contributed by atoms with E-state index in [0.717, 1.165) is 30.7 Å². The molecule has 5 nitrogen and oxygen atoms in total. The number of thioether (sulfide) groups is 1. The molecule has 2 aromatic rings. The zero-order valence-corrected chi connectivity index (χ0v) is 18.0. The standard InChI is InChI=1S/C23H30N2O3S/c1-3-4-8-18-11-13-19(14-12-18)24-23(27)21(15-16-29-2)25-22(26)17-28-20-9-6-5-7-10-20/h5-7,9-14,21H,3-4,8,15-17H2,1-2H3,(H,24,27)(H,25,26). The van der Waals surface area contributed by atoms with E-state index in [9.17, 15) is 9.59 Å². The average molecular weight is 415 g/mol. The topological polar surface area (TPSA) is 67.4 Å². The molecule has 0 aliphatic heterocycles. The molecule has 0 spiro atoms. The lowest BCUT2D eigenvalue weighted by molar-refractivity contribution is -0.127. The van der Waals surface area contributed by atoms with E-state index in [0.29, 0.717) is 12.2 Å². The van der Waals surface area contributed by atoms with Gasteiger partial charge < -0.3 is 15.4 Å². The van der Waals surface area contributed by atoms with E-state index in [1.807, 2.05) is 48.7 Å². The van der Waals surface area contributed by atoms with Gasteiger partial charge in [0.15, 0.2) is 6.61 Å². The summed E-state index contributed by atoms with van der Waals surface area (Å²) in [5, 5.41) is 5.70. The number of benzene rings is 2. The van der Waals surface area contributed by atoms with Crippen molar-refractivity contribution in [2.75, 3.05) is 23.9 Å². The smallest absolute Gasteiger partial charge is 0.258 e. The molecule has 2 rings (SSSR count). The van der Waals surface area contributed by atoms with Crippen molar-refractivity contribution in [1.82, 2.24) is 5.32 Å². The van der Waals surface area contributed by atoms with Crippen LogP contribution < -0.4 is 15.4 Å². The summed E-state index contributed by atoms with van der Waals surface area (Å²) in [5.41, 5.74) is 1.99. The Morgan fingerprint density at radius 3 is 2.45 bits per heavy atom. The third kappa shape index (κ3) is 8.60. The molecular formula is C23H30N2O3S. The number of unbranched alkanes of at least 4 members (excludes halogenated alkanes) is 1. The normalized spacial score (nSPS) is 11.5. The summed E-state index contributed by atoms with van der Waals surface area (Å²) in [6, 6.07) is 16.4. The molecule has 0 aromatic heterocycles. The van der Waals surface area contributed by atoms with E-state index in [2.05, 4.69) is 17.6 Å². The molecule has 2 amide bonds. The molecule has 2 N–H and O–H groups in total. The second kappa shape index (κ2) is 12.9. The minimum atomic E-state index is -0.603. The number of aryl methyl sites for hydroxylation is 1. The Bertz CT molecular complexity index is 750. The van der Waals surface area contributed by atoms with Gasteiger partial charge in [-0.05, 0) is 61.1 Å². The number of hydrogen-bond acceptors (Lipinski definition) is 4. The second-order valence-corrected chi connectivity index (χ2v) is 7.78. The Morgan fingerprint density at radius 2 is 1.79 bits per heavy atom. The zero-order chi connectivity index (χ0) is 20.9. The van der Waals surface area contributed by atoms with Crippen LogP contribution in [0.3, 0.4) is 0 Å². The van der Waals surface area contributed by atoms with E-state index in [-0.39, 0.29) is 18.4 Å². The Kier molecular flexibility index (Phi) is 10.1. The molecule has 2 aromatic carbocycles. The first-order valence-electron chi connectivity index (χ1n) is 9.98. The molecule has 0 heterocycles. The molecule has 0 bridgehead atoms. The van der Waals surface area contributed by atoms with Gasteiger partial charge >= 0.3 is 0 Å². The van der Waals surface area contributed by atoms with Gasteiger partial charge in [0, 0.05) is 5.69 Å². The van der Waals surface area contributed by atoms with E-state index >= 15 is 0 Å². The summed E-state index contributed by atoms with van der Waals surface area (Å²) in [6.07, 6.45) is 5.88. The van der Waals surface area contributed by atoms with Crippen molar-refractivity contribution < 1.29 is 14.3 Å². The summed E-state index contributed by atoms with van der Waals surface area (Å²) < 4.78 is 5.47. The summed E-state index contributed by atoms with van der Waals surface area (Å²) in [7, 11) is 0. The summed E-state index contributed by atoms with van der Waals surface area (Å²) in [6.45, 7) is 2.04. The highest BCUT2D eigenvalue weighted by molar-refractivity contribution is 7.98. The Balaban J connectivity index is 1.89. The van der Waals surface area contributed by atoms with Crippen molar-refractivity contribution in [1.29, 1.82) is 0 Å². The van der Waals surface area contributed by atoms with Crippen molar-refractivity contribution >= 4 is 29.3 Å². The van der Waals surface area contributed by atoms with Gasteiger partial charge in [0.25, 0.3) is 5.91 Å². The molecule has 0 saturated carbocycles.